The van der Waals surface area contributed by atoms with Crippen molar-refractivity contribution in [2.45, 2.75) is 13.8 Å². The molecule has 0 aliphatic heterocycles. The number of hydrogen-bond acceptors (Lipinski definition) is 0. The quantitative estimate of drug-likeness (QED) is 0.704. The molecule has 62 valence electrons. The van der Waals surface area contributed by atoms with Crippen LogP contribution in [0.1, 0.15) is 11.3 Å². The van der Waals surface area contributed by atoms with Crippen molar-refractivity contribution in [1.82, 2.24) is 4.98 Å². The summed E-state index contributed by atoms with van der Waals surface area (Å²) >= 11 is 3.55. The largest absolute Gasteiger partial charge is 0.358 e. The van der Waals surface area contributed by atoms with Crippen LogP contribution in [0.15, 0.2) is 22.7 Å². The fourth-order valence-electron chi connectivity index (χ4n) is 1.41. The van der Waals surface area contributed by atoms with Crippen LogP contribution in [0.25, 0.3) is 10.9 Å². The first kappa shape index (κ1) is 7.87. The van der Waals surface area contributed by atoms with E-state index >= 15 is 0 Å². The molecule has 0 saturated heterocycles. The van der Waals surface area contributed by atoms with Gasteiger partial charge in [0, 0.05) is 21.1 Å². The summed E-state index contributed by atoms with van der Waals surface area (Å²) in [5.41, 5.74) is 3.68. The number of aryl methyl sites for hydroxylation is 2. The molecule has 2 heteroatoms. The minimum Gasteiger partial charge on any atom is -0.358 e. The number of benzene rings is 1. The standard InChI is InChI=1S/C10H10BrN/c1-6-3-4-9-8(5-6)10(11)7(2)12-9/h3-5,12H,1-2H3. The zero-order valence-electron chi connectivity index (χ0n) is 7.11. The second-order valence-corrected chi connectivity index (χ2v) is 3.91. The summed E-state index contributed by atoms with van der Waals surface area (Å²) in [5.74, 6) is 0. The van der Waals surface area contributed by atoms with Gasteiger partial charge in [-0.25, -0.2) is 0 Å². The van der Waals surface area contributed by atoms with Crippen LogP contribution in [0.5, 0.6) is 0 Å². The zero-order valence-corrected chi connectivity index (χ0v) is 8.70. The van der Waals surface area contributed by atoms with Crippen molar-refractivity contribution >= 4 is 26.8 Å². The van der Waals surface area contributed by atoms with Crippen LogP contribution in [0.3, 0.4) is 0 Å². The number of aromatic amines is 1. The molecule has 1 N–H and O–H groups in total. The third-order valence-electron chi connectivity index (χ3n) is 2.06. The molecule has 1 aromatic carbocycles. The Labute approximate surface area is 79.9 Å². The Bertz CT molecular complexity index is 429. The lowest BCUT2D eigenvalue weighted by atomic mass is 10.2. The molecule has 2 rings (SSSR count). The Kier molecular flexibility index (Phi) is 1.72. The van der Waals surface area contributed by atoms with Crippen molar-refractivity contribution in [1.29, 1.82) is 0 Å². The lowest BCUT2D eigenvalue weighted by molar-refractivity contribution is 1.28. The van der Waals surface area contributed by atoms with E-state index in [1.54, 1.807) is 0 Å². The van der Waals surface area contributed by atoms with Gasteiger partial charge in [0.05, 0.1) is 0 Å². The van der Waals surface area contributed by atoms with E-state index in [-0.39, 0.29) is 0 Å². The molecule has 0 spiro atoms. The average Bonchev–Trinajstić information content (AvgIpc) is 2.31. The van der Waals surface area contributed by atoms with E-state index in [0.29, 0.717) is 0 Å². The van der Waals surface area contributed by atoms with Gasteiger partial charge < -0.3 is 4.98 Å². The van der Waals surface area contributed by atoms with Gasteiger partial charge >= 0.3 is 0 Å². The molecule has 0 saturated carbocycles. The molecule has 1 aromatic heterocycles. The van der Waals surface area contributed by atoms with Crippen molar-refractivity contribution in [2.24, 2.45) is 0 Å². The lowest BCUT2D eigenvalue weighted by Gasteiger charge is -1.92. The molecule has 2 aromatic rings. The molecular formula is C10H10BrN. The summed E-state index contributed by atoms with van der Waals surface area (Å²) in [7, 11) is 0. The van der Waals surface area contributed by atoms with Crippen LogP contribution in [0.4, 0.5) is 0 Å². The molecule has 0 fully saturated rings. The summed E-state index contributed by atoms with van der Waals surface area (Å²) in [6.45, 7) is 4.17. The van der Waals surface area contributed by atoms with Crippen molar-refractivity contribution < 1.29 is 0 Å². The maximum Gasteiger partial charge on any atom is 0.0467 e. The Morgan fingerprint density at radius 3 is 2.75 bits per heavy atom. The van der Waals surface area contributed by atoms with Crippen LogP contribution in [0.2, 0.25) is 0 Å². The fraction of sp³-hybridized carbons (Fsp3) is 0.200. The van der Waals surface area contributed by atoms with Gasteiger partial charge in [-0.15, -0.1) is 0 Å². The maximum atomic E-state index is 3.55. The van der Waals surface area contributed by atoms with E-state index in [4.69, 9.17) is 0 Å². The number of rotatable bonds is 0. The molecule has 0 atom stereocenters. The highest BCUT2D eigenvalue weighted by atomic mass is 79.9. The normalized spacial score (nSPS) is 10.9. The Balaban J connectivity index is 2.88. The van der Waals surface area contributed by atoms with Crippen molar-refractivity contribution in [3.05, 3.63) is 33.9 Å². The van der Waals surface area contributed by atoms with E-state index < -0.39 is 0 Å². The molecule has 1 heterocycles. The smallest absolute Gasteiger partial charge is 0.0467 e. The zero-order chi connectivity index (χ0) is 8.72. The summed E-state index contributed by atoms with van der Waals surface area (Å²) in [4.78, 5) is 3.31. The van der Waals surface area contributed by atoms with Gasteiger partial charge in [0.15, 0.2) is 0 Å². The summed E-state index contributed by atoms with van der Waals surface area (Å²) in [6, 6.07) is 6.41. The van der Waals surface area contributed by atoms with E-state index in [9.17, 15) is 0 Å². The summed E-state index contributed by atoms with van der Waals surface area (Å²) in [5, 5.41) is 1.27. The molecular weight excluding hydrogens is 214 g/mol. The molecule has 0 radical (unpaired) electrons. The van der Waals surface area contributed by atoms with Gasteiger partial charge in [-0.3, -0.25) is 0 Å². The molecule has 0 amide bonds. The SMILES string of the molecule is Cc1ccc2[nH]c(C)c(Br)c2c1. The summed E-state index contributed by atoms with van der Waals surface area (Å²) in [6.07, 6.45) is 0. The second-order valence-electron chi connectivity index (χ2n) is 3.11. The van der Waals surface area contributed by atoms with E-state index in [2.05, 4.69) is 53.0 Å². The van der Waals surface area contributed by atoms with Crippen molar-refractivity contribution in [2.75, 3.05) is 0 Å². The number of halogens is 1. The lowest BCUT2D eigenvalue weighted by Crippen LogP contribution is -1.70. The van der Waals surface area contributed by atoms with E-state index in [0.717, 1.165) is 0 Å². The molecule has 0 aliphatic rings. The van der Waals surface area contributed by atoms with Crippen LogP contribution in [0, 0.1) is 13.8 Å². The summed E-state index contributed by atoms with van der Waals surface area (Å²) < 4.78 is 1.18. The first-order valence-electron chi connectivity index (χ1n) is 3.93. The van der Waals surface area contributed by atoms with Gasteiger partial charge in [-0.2, -0.15) is 0 Å². The fourth-order valence-corrected chi connectivity index (χ4v) is 1.83. The van der Waals surface area contributed by atoms with Gasteiger partial charge in [-0.05, 0) is 41.9 Å². The van der Waals surface area contributed by atoms with Crippen LogP contribution in [-0.2, 0) is 0 Å². The van der Waals surface area contributed by atoms with Crippen LogP contribution < -0.4 is 0 Å². The number of nitrogens with one attached hydrogen (secondary N) is 1. The van der Waals surface area contributed by atoms with Crippen LogP contribution in [-0.4, -0.2) is 4.98 Å². The highest BCUT2D eigenvalue weighted by Crippen LogP contribution is 2.27. The number of fused-ring (bicyclic) bond motifs is 1. The minimum atomic E-state index is 1.18. The Hall–Kier alpha value is -0.760. The predicted molar refractivity (Wildman–Crippen MR) is 55.5 cm³/mol. The molecule has 0 bridgehead atoms. The highest BCUT2D eigenvalue weighted by Gasteiger charge is 2.03. The highest BCUT2D eigenvalue weighted by molar-refractivity contribution is 9.10. The number of H-pyrrole nitrogens is 1. The second kappa shape index (κ2) is 2.63. The van der Waals surface area contributed by atoms with Gasteiger partial charge in [0.25, 0.3) is 0 Å². The third-order valence-corrected chi connectivity index (χ3v) is 3.08. The number of hydrogen-bond donors (Lipinski definition) is 1. The van der Waals surface area contributed by atoms with Crippen molar-refractivity contribution in [3.8, 4) is 0 Å². The molecule has 0 aliphatic carbocycles. The monoisotopic (exact) mass is 223 g/mol. The first-order valence-corrected chi connectivity index (χ1v) is 4.72. The minimum absolute atomic E-state index is 1.18. The average molecular weight is 224 g/mol. The molecule has 1 nitrogen and oxygen atoms in total. The topological polar surface area (TPSA) is 15.8 Å². The van der Waals surface area contributed by atoms with Crippen molar-refractivity contribution in [3.63, 3.8) is 0 Å². The first-order chi connectivity index (χ1) is 5.68. The van der Waals surface area contributed by atoms with Gasteiger partial charge in [0.2, 0.25) is 0 Å². The predicted octanol–water partition coefficient (Wildman–Crippen LogP) is 3.55. The molecule has 12 heavy (non-hydrogen) atoms. The Morgan fingerprint density at radius 2 is 2.00 bits per heavy atom. The number of aromatic nitrogens is 1. The molecule has 0 unspecified atom stereocenters. The van der Waals surface area contributed by atoms with Crippen LogP contribution >= 0.6 is 15.9 Å². The third kappa shape index (κ3) is 1.07. The van der Waals surface area contributed by atoms with E-state index in [1.807, 2.05) is 0 Å². The van der Waals surface area contributed by atoms with Gasteiger partial charge in [0.1, 0.15) is 0 Å². The maximum absolute atomic E-state index is 3.55. The van der Waals surface area contributed by atoms with E-state index in [1.165, 1.54) is 26.6 Å². The van der Waals surface area contributed by atoms with Gasteiger partial charge in [-0.1, -0.05) is 11.6 Å². The Morgan fingerprint density at radius 1 is 1.25 bits per heavy atom.